The Hall–Kier alpha value is -2.54. The number of hydrogen-bond acceptors (Lipinski definition) is 5. The van der Waals surface area contributed by atoms with Crippen LogP contribution < -0.4 is 9.47 Å². The summed E-state index contributed by atoms with van der Waals surface area (Å²) < 4.78 is 13.0. The first kappa shape index (κ1) is 17.9. The number of amides is 1. The molecule has 0 aliphatic carbocycles. The molecule has 1 aromatic heterocycles. The second-order valence-corrected chi connectivity index (χ2v) is 7.42. The van der Waals surface area contributed by atoms with Gasteiger partial charge in [0, 0.05) is 50.1 Å². The largest absolute Gasteiger partial charge is 0.454 e. The van der Waals surface area contributed by atoms with Gasteiger partial charge in [0.1, 0.15) is 5.82 Å². The predicted octanol–water partition coefficient (Wildman–Crippen LogP) is 2.19. The van der Waals surface area contributed by atoms with Crippen molar-refractivity contribution in [2.75, 3.05) is 40.5 Å². The van der Waals surface area contributed by atoms with Gasteiger partial charge in [0.05, 0.1) is 0 Å². The molecule has 7 heteroatoms. The SMILES string of the molecule is CN(C)CCn1ccnc1C1CCN(C(=O)c2ccc3c(c2)OCO3)CC1. The number of benzene rings is 1. The van der Waals surface area contributed by atoms with E-state index >= 15 is 0 Å². The molecule has 2 aliphatic heterocycles. The number of ether oxygens (including phenoxy) is 2. The molecular formula is C20H26N4O3. The van der Waals surface area contributed by atoms with Crippen LogP contribution in [0.4, 0.5) is 0 Å². The van der Waals surface area contributed by atoms with Crippen LogP contribution in [0, 0.1) is 0 Å². The first-order valence-electron chi connectivity index (χ1n) is 9.46. The normalized spacial score (nSPS) is 16.9. The summed E-state index contributed by atoms with van der Waals surface area (Å²) in [5.74, 6) is 2.96. The van der Waals surface area contributed by atoms with Gasteiger partial charge in [0.25, 0.3) is 5.91 Å². The topological polar surface area (TPSA) is 59.8 Å². The molecule has 2 aromatic rings. The highest BCUT2D eigenvalue weighted by atomic mass is 16.7. The lowest BCUT2D eigenvalue weighted by Gasteiger charge is -2.32. The van der Waals surface area contributed by atoms with E-state index in [1.807, 2.05) is 23.2 Å². The number of imidazole rings is 1. The van der Waals surface area contributed by atoms with Gasteiger partial charge in [-0.1, -0.05) is 0 Å². The van der Waals surface area contributed by atoms with Crippen molar-refractivity contribution in [1.82, 2.24) is 19.4 Å². The molecule has 144 valence electrons. The Kier molecular flexibility index (Phi) is 5.03. The molecule has 1 amide bonds. The van der Waals surface area contributed by atoms with E-state index in [4.69, 9.17) is 9.47 Å². The lowest BCUT2D eigenvalue weighted by atomic mass is 9.95. The first-order valence-corrected chi connectivity index (χ1v) is 9.46. The maximum Gasteiger partial charge on any atom is 0.253 e. The Balaban J connectivity index is 1.38. The van der Waals surface area contributed by atoms with Gasteiger partial charge < -0.3 is 23.8 Å². The summed E-state index contributed by atoms with van der Waals surface area (Å²) in [5.41, 5.74) is 0.658. The van der Waals surface area contributed by atoms with Crippen molar-refractivity contribution in [3.63, 3.8) is 0 Å². The van der Waals surface area contributed by atoms with Crippen LogP contribution >= 0.6 is 0 Å². The van der Waals surface area contributed by atoms with E-state index in [9.17, 15) is 4.79 Å². The Labute approximate surface area is 159 Å². The molecule has 7 nitrogen and oxygen atoms in total. The number of nitrogens with zero attached hydrogens (tertiary/aromatic N) is 4. The van der Waals surface area contributed by atoms with Crippen molar-refractivity contribution < 1.29 is 14.3 Å². The van der Waals surface area contributed by atoms with Gasteiger partial charge in [-0.15, -0.1) is 0 Å². The molecule has 1 aromatic carbocycles. The second-order valence-electron chi connectivity index (χ2n) is 7.42. The van der Waals surface area contributed by atoms with Crippen LogP contribution in [0.25, 0.3) is 0 Å². The fourth-order valence-corrected chi connectivity index (χ4v) is 3.73. The van der Waals surface area contributed by atoms with Crippen molar-refractivity contribution in [2.24, 2.45) is 0 Å². The summed E-state index contributed by atoms with van der Waals surface area (Å²) >= 11 is 0. The Bertz CT molecular complexity index is 809. The second kappa shape index (κ2) is 7.60. The van der Waals surface area contributed by atoms with Crippen LogP contribution in [0.3, 0.4) is 0 Å². The van der Waals surface area contributed by atoms with Crippen LogP contribution in [-0.2, 0) is 6.54 Å². The third-order valence-corrected chi connectivity index (χ3v) is 5.30. The highest BCUT2D eigenvalue weighted by molar-refractivity contribution is 5.95. The van der Waals surface area contributed by atoms with E-state index in [0.29, 0.717) is 23.0 Å². The summed E-state index contributed by atoms with van der Waals surface area (Å²) in [6, 6.07) is 5.41. The van der Waals surface area contributed by atoms with Crippen molar-refractivity contribution >= 4 is 5.91 Å². The molecule has 0 bridgehead atoms. The number of hydrogen-bond donors (Lipinski definition) is 0. The number of carbonyl (C=O) groups is 1. The van der Waals surface area contributed by atoms with Gasteiger partial charge in [0.15, 0.2) is 11.5 Å². The Morgan fingerprint density at radius 3 is 2.78 bits per heavy atom. The van der Waals surface area contributed by atoms with Crippen molar-refractivity contribution in [2.45, 2.75) is 25.3 Å². The first-order chi connectivity index (χ1) is 13.1. The molecule has 0 unspecified atom stereocenters. The molecule has 2 aliphatic rings. The van der Waals surface area contributed by atoms with E-state index in [0.717, 1.165) is 44.8 Å². The summed E-state index contributed by atoms with van der Waals surface area (Å²) in [5, 5.41) is 0. The Morgan fingerprint density at radius 2 is 2.00 bits per heavy atom. The smallest absolute Gasteiger partial charge is 0.253 e. The fourth-order valence-electron chi connectivity index (χ4n) is 3.73. The quantitative estimate of drug-likeness (QED) is 0.808. The zero-order valence-corrected chi connectivity index (χ0v) is 15.9. The third-order valence-electron chi connectivity index (χ3n) is 5.30. The minimum atomic E-state index is 0.0581. The molecular weight excluding hydrogens is 344 g/mol. The minimum Gasteiger partial charge on any atom is -0.454 e. The average Bonchev–Trinajstić information content (AvgIpc) is 3.34. The lowest BCUT2D eigenvalue weighted by Crippen LogP contribution is -2.38. The number of fused-ring (bicyclic) bond motifs is 1. The molecule has 0 saturated carbocycles. The molecule has 27 heavy (non-hydrogen) atoms. The van der Waals surface area contributed by atoms with E-state index in [1.165, 1.54) is 0 Å². The van der Waals surface area contributed by atoms with Crippen LogP contribution in [0.5, 0.6) is 11.5 Å². The summed E-state index contributed by atoms with van der Waals surface area (Å²) in [6.45, 7) is 3.65. The Morgan fingerprint density at radius 1 is 1.22 bits per heavy atom. The lowest BCUT2D eigenvalue weighted by molar-refractivity contribution is 0.0710. The van der Waals surface area contributed by atoms with Crippen molar-refractivity contribution in [3.8, 4) is 11.5 Å². The van der Waals surface area contributed by atoms with Crippen LogP contribution in [0.15, 0.2) is 30.6 Å². The van der Waals surface area contributed by atoms with Gasteiger partial charge >= 0.3 is 0 Å². The maximum atomic E-state index is 12.8. The van der Waals surface area contributed by atoms with Crippen LogP contribution in [0.1, 0.15) is 34.9 Å². The zero-order valence-electron chi connectivity index (χ0n) is 15.9. The third kappa shape index (κ3) is 3.78. The maximum absolute atomic E-state index is 12.8. The standard InChI is InChI=1S/C20H26N4O3/c1-22(2)11-12-23-10-7-21-19(23)15-5-8-24(9-6-15)20(25)16-3-4-17-18(13-16)27-14-26-17/h3-4,7,10,13,15H,5-6,8-9,11-12,14H2,1-2H3. The molecule has 3 heterocycles. The van der Waals surface area contributed by atoms with Gasteiger partial charge in [-0.05, 0) is 45.1 Å². The molecule has 0 spiro atoms. The van der Waals surface area contributed by atoms with E-state index in [-0.39, 0.29) is 12.7 Å². The predicted molar refractivity (Wildman–Crippen MR) is 101 cm³/mol. The number of likely N-dealkylation sites (tertiary alicyclic amines) is 1. The highest BCUT2D eigenvalue weighted by Gasteiger charge is 2.27. The van der Waals surface area contributed by atoms with Gasteiger partial charge in [-0.25, -0.2) is 4.98 Å². The van der Waals surface area contributed by atoms with Gasteiger partial charge in [-0.2, -0.15) is 0 Å². The molecule has 1 saturated heterocycles. The summed E-state index contributed by atoms with van der Waals surface area (Å²) in [7, 11) is 4.16. The molecule has 0 atom stereocenters. The molecule has 4 rings (SSSR count). The monoisotopic (exact) mass is 370 g/mol. The molecule has 1 fully saturated rings. The highest BCUT2D eigenvalue weighted by Crippen LogP contribution is 2.33. The van der Waals surface area contributed by atoms with Crippen molar-refractivity contribution in [3.05, 3.63) is 42.0 Å². The average molecular weight is 370 g/mol. The number of piperidine rings is 1. The van der Waals surface area contributed by atoms with Gasteiger partial charge in [-0.3, -0.25) is 4.79 Å². The molecule has 0 N–H and O–H groups in total. The number of aromatic nitrogens is 2. The number of carbonyl (C=O) groups excluding carboxylic acids is 1. The van der Waals surface area contributed by atoms with E-state index in [2.05, 4.69) is 34.7 Å². The zero-order chi connectivity index (χ0) is 18.8. The van der Waals surface area contributed by atoms with Gasteiger partial charge in [0.2, 0.25) is 6.79 Å². The van der Waals surface area contributed by atoms with Crippen LogP contribution in [-0.4, -0.2) is 65.8 Å². The summed E-state index contributed by atoms with van der Waals surface area (Å²) in [4.78, 5) is 21.5. The van der Waals surface area contributed by atoms with Crippen LogP contribution in [0.2, 0.25) is 0 Å². The van der Waals surface area contributed by atoms with E-state index in [1.54, 1.807) is 6.07 Å². The summed E-state index contributed by atoms with van der Waals surface area (Å²) in [6.07, 6.45) is 5.82. The van der Waals surface area contributed by atoms with Crippen molar-refractivity contribution in [1.29, 1.82) is 0 Å². The number of rotatable bonds is 5. The molecule has 0 radical (unpaired) electrons. The fraction of sp³-hybridized carbons (Fsp3) is 0.500. The number of likely N-dealkylation sites (N-methyl/N-ethyl adjacent to an activating group) is 1. The minimum absolute atomic E-state index is 0.0581. The van der Waals surface area contributed by atoms with E-state index < -0.39 is 0 Å².